The molecule has 1 aliphatic rings. The second-order valence-electron chi connectivity index (χ2n) is 4.91. The molecule has 1 aliphatic heterocycles. The Bertz CT molecular complexity index is 411. The van der Waals surface area contributed by atoms with Crippen molar-refractivity contribution in [3.8, 4) is 0 Å². The van der Waals surface area contributed by atoms with Crippen LogP contribution >= 0.6 is 27.5 Å². The predicted molar refractivity (Wildman–Crippen MR) is 82.6 cm³/mol. The quantitative estimate of drug-likeness (QED) is 0.779. The van der Waals surface area contributed by atoms with Gasteiger partial charge in [-0.3, -0.25) is 4.90 Å². The van der Waals surface area contributed by atoms with Crippen LogP contribution in [0, 0.1) is 0 Å². The maximum Gasteiger partial charge on any atom is 0.0511 e. The Morgan fingerprint density at radius 2 is 2.17 bits per heavy atom. The van der Waals surface area contributed by atoms with Crippen molar-refractivity contribution in [2.75, 3.05) is 31.6 Å². The lowest BCUT2D eigenvalue weighted by molar-refractivity contribution is 0.213. The molecule has 1 fully saturated rings. The van der Waals surface area contributed by atoms with Crippen LogP contribution in [0.1, 0.15) is 18.9 Å². The van der Waals surface area contributed by atoms with Gasteiger partial charge >= 0.3 is 0 Å². The summed E-state index contributed by atoms with van der Waals surface area (Å²) in [6, 6.07) is 7.08. The summed E-state index contributed by atoms with van der Waals surface area (Å²) >= 11 is 9.53. The standard InChI is InChI=1S/C14H20BrClN2/c1-3-12-10-18(7-6-17(12)2)14-5-4-11(9-16)8-13(14)15/h4-5,8,12H,3,6-7,9-10H2,1-2H3. The van der Waals surface area contributed by atoms with E-state index in [2.05, 4.69) is 57.9 Å². The van der Waals surface area contributed by atoms with Gasteiger partial charge in [0.1, 0.15) is 0 Å². The third kappa shape index (κ3) is 3.01. The zero-order valence-corrected chi connectivity index (χ0v) is 13.3. The number of halogens is 2. The fourth-order valence-electron chi connectivity index (χ4n) is 2.50. The molecule has 0 spiro atoms. The van der Waals surface area contributed by atoms with E-state index in [9.17, 15) is 0 Å². The SMILES string of the molecule is CCC1CN(c2ccc(CCl)cc2Br)CCN1C. The number of nitrogens with zero attached hydrogens (tertiary/aromatic N) is 2. The molecule has 0 aliphatic carbocycles. The highest BCUT2D eigenvalue weighted by atomic mass is 79.9. The van der Waals surface area contributed by atoms with Gasteiger partial charge in [-0.2, -0.15) is 0 Å². The number of anilines is 1. The van der Waals surface area contributed by atoms with Crippen LogP contribution in [0.5, 0.6) is 0 Å². The first kappa shape index (κ1) is 14.2. The molecule has 1 aromatic carbocycles. The van der Waals surface area contributed by atoms with E-state index in [0.717, 1.165) is 29.7 Å². The number of hydrogen-bond donors (Lipinski definition) is 0. The van der Waals surface area contributed by atoms with Crippen LogP contribution in [-0.2, 0) is 5.88 Å². The molecule has 0 bridgehead atoms. The molecule has 1 unspecified atom stereocenters. The summed E-state index contributed by atoms with van der Waals surface area (Å²) < 4.78 is 1.15. The fourth-order valence-corrected chi connectivity index (χ4v) is 3.34. The molecule has 1 aromatic rings. The Balaban J connectivity index is 2.16. The van der Waals surface area contributed by atoms with E-state index in [1.54, 1.807) is 0 Å². The molecule has 100 valence electrons. The Kier molecular flexibility index (Phi) is 4.93. The van der Waals surface area contributed by atoms with E-state index in [4.69, 9.17) is 11.6 Å². The molecule has 0 amide bonds. The number of alkyl halides is 1. The van der Waals surface area contributed by atoms with Crippen molar-refractivity contribution in [3.63, 3.8) is 0 Å². The van der Waals surface area contributed by atoms with E-state index in [1.807, 2.05) is 0 Å². The lowest BCUT2D eigenvalue weighted by Gasteiger charge is -2.40. The smallest absolute Gasteiger partial charge is 0.0511 e. The summed E-state index contributed by atoms with van der Waals surface area (Å²) in [7, 11) is 2.22. The van der Waals surface area contributed by atoms with Crippen molar-refractivity contribution in [2.45, 2.75) is 25.3 Å². The molecule has 1 atom stereocenters. The van der Waals surface area contributed by atoms with Gasteiger partial charge in [0.05, 0.1) is 5.69 Å². The molecule has 0 radical (unpaired) electrons. The number of hydrogen-bond acceptors (Lipinski definition) is 2. The third-order valence-corrected chi connectivity index (χ3v) is 4.70. The van der Waals surface area contributed by atoms with Gasteiger partial charge in [-0.15, -0.1) is 11.6 Å². The number of piperazine rings is 1. The number of likely N-dealkylation sites (N-methyl/N-ethyl adjacent to an activating group) is 1. The first-order valence-electron chi connectivity index (χ1n) is 6.45. The van der Waals surface area contributed by atoms with Gasteiger partial charge in [-0.25, -0.2) is 0 Å². The monoisotopic (exact) mass is 330 g/mol. The Morgan fingerprint density at radius 3 is 2.78 bits per heavy atom. The van der Waals surface area contributed by atoms with E-state index < -0.39 is 0 Å². The largest absolute Gasteiger partial charge is 0.368 e. The van der Waals surface area contributed by atoms with Crippen LogP contribution in [0.25, 0.3) is 0 Å². The van der Waals surface area contributed by atoms with Gasteiger partial charge < -0.3 is 4.90 Å². The molecule has 18 heavy (non-hydrogen) atoms. The van der Waals surface area contributed by atoms with Crippen molar-refractivity contribution < 1.29 is 0 Å². The lowest BCUT2D eigenvalue weighted by Crippen LogP contribution is -2.51. The van der Waals surface area contributed by atoms with Gasteiger partial charge in [0.2, 0.25) is 0 Å². The Labute approximate surface area is 123 Å². The molecule has 0 aromatic heterocycles. The summed E-state index contributed by atoms with van der Waals surface area (Å²) in [6.07, 6.45) is 1.20. The van der Waals surface area contributed by atoms with Crippen molar-refractivity contribution in [3.05, 3.63) is 28.2 Å². The van der Waals surface area contributed by atoms with Gasteiger partial charge in [0.25, 0.3) is 0 Å². The number of rotatable bonds is 3. The van der Waals surface area contributed by atoms with Crippen LogP contribution in [0.15, 0.2) is 22.7 Å². The van der Waals surface area contributed by atoms with Gasteiger partial charge in [-0.05, 0) is 47.1 Å². The zero-order valence-electron chi connectivity index (χ0n) is 11.0. The minimum absolute atomic E-state index is 0.569. The fraction of sp³-hybridized carbons (Fsp3) is 0.571. The second kappa shape index (κ2) is 6.27. The minimum atomic E-state index is 0.569. The molecular weight excluding hydrogens is 312 g/mol. The van der Waals surface area contributed by atoms with Crippen molar-refractivity contribution in [2.24, 2.45) is 0 Å². The summed E-state index contributed by atoms with van der Waals surface area (Å²) in [5.41, 5.74) is 2.45. The predicted octanol–water partition coefficient (Wildman–Crippen LogP) is 3.72. The van der Waals surface area contributed by atoms with Gasteiger partial charge in [0, 0.05) is 36.0 Å². The molecule has 2 nitrogen and oxygen atoms in total. The third-order valence-electron chi connectivity index (χ3n) is 3.76. The van der Waals surface area contributed by atoms with E-state index in [0.29, 0.717) is 11.9 Å². The molecular formula is C14H20BrClN2. The molecule has 0 saturated carbocycles. The maximum atomic E-state index is 5.86. The Hall–Kier alpha value is -0.250. The first-order chi connectivity index (χ1) is 8.65. The highest BCUT2D eigenvalue weighted by Crippen LogP contribution is 2.29. The van der Waals surface area contributed by atoms with Crippen LogP contribution in [0.2, 0.25) is 0 Å². The molecule has 0 N–H and O–H groups in total. The van der Waals surface area contributed by atoms with Crippen molar-refractivity contribution >= 4 is 33.2 Å². The van der Waals surface area contributed by atoms with Gasteiger partial charge in [-0.1, -0.05) is 13.0 Å². The zero-order chi connectivity index (χ0) is 13.1. The van der Waals surface area contributed by atoms with Crippen LogP contribution in [0.4, 0.5) is 5.69 Å². The highest BCUT2D eigenvalue weighted by molar-refractivity contribution is 9.10. The summed E-state index contributed by atoms with van der Waals surface area (Å²) in [4.78, 5) is 4.92. The molecule has 4 heteroatoms. The molecule has 2 rings (SSSR count). The normalized spacial score (nSPS) is 21.3. The Morgan fingerprint density at radius 1 is 1.39 bits per heavy atom. The van der Waals surface area contributed by atoms with E-state index in [-0.39, 0.29) is 0 Å². The summed E-state index contributed by atoms with van der Waals surface area (Å²) in [5.74, 6) is 0.569. The highest BCUT2D eigenvalue weighted by Gasteiger charge is 2.23. The first-order valence-corrected chi connectivity index (χ1v) is 7.78. The van der Waals surface area contributed by atoms with Crippen molar-refractivity contribution in [1.29, 1.82) is 0 Å². The van der Waals surface area contributed by atoms with Crippen LogP contribution in [0.3, 0.4) is 0 Å². The molecule has 1 heterocycles. The summed E-state index contributed by atoms with van der Waals surface area (Å²) in [6.45, 7) is 5.58. The average molecular weight is 332 g/mol. The van der Waals surface area contributed by atoms with Crippen LogP contribution in [-0.4, -0.2) is 37.6 Å². The minimum Gasteiger partial charge on any atom is -0.368 e. The van der Waals surface area contributed by atoms with Crippen LogP contribution < -0.4 is 4.90 Å². The topological polar surface area (TPSA) is 6.48 Å². The maximum absolute atomic E-state index is 5.86. The van der Waals surface area contributed by atoms with Gasteiger partial charge in [0.15, 0.2) is 0 Å². The number of benzene rings is 1. The lowest BCUT2D eigenvalue weighted by atomic mass is 10.1. The van der Waals surface area contributed by atoms with E-state index in [1.165, 1.54) is 12.1 Å². The van der Waals surface area contributed by atoms with Crippen molar-refractivity contribution in [1.82, 2.24) is 4.90 Å². The second-order valence-corrected chi connectivity index (χ2v) is 6.03. The molecule has 1 saturated heterocycles. The summed E-state index contributed by atoms with van der Waals surface area (Å²) in [5, 5.41) is 0. The van der Waals surface area contributed by atoms with E-state index >= 15 is 0 Å². The average Bonchev–Trinajstić information content (AvgIpc) is 2.39.